The Balaban J connectivity index is 1.56. The van der Waals surface area contributed by atoms with E-state index in [2.05, 4.69) is 27.3 Å². The molecule has 0 radical (unpaired) electrons. The van der Waals surface area contributed by atoms with E-state index in [0.717, 1.165) is 21.1 Å². The van der Waals surface area contributed by atoms with Crippen LogP contribution in [0.25, 0.3) is 21.3 Å². The summed E-state index contributed by atoms with van der Waals surface area (Å²) < 4.78 is 5.54. The van der Waals surface area contributed by atoms with Gasteiger partial charge in [0.1, 0.15) is 5.60 Å². The van der Waals surface area contributed by atoms with Gasteiger partial charge in [0.2, 0.25) is 5.89 Å². The summed E-state index contributed by atoms with van der Waals surface area (Å²) in [5.41, 5.74) is 0.794. The van der Waals surface area contributed by atoms with E-state index in [1.165, 1.54) is 16.9 Å². The SMILES string of the molecule is CC(C)(O)c1nnc(-c2ncc(-c3ccc(SCc4ccccc4)c(Cl)c3Cl)s2)o1. The summed E-state index contributed by atoms with van der Waals surface area (Å²) in [6.45, 7) is 3.16. The minimum Gasteiger partial charge on any atom is -0.415 e. The lowest BCUT2D eigenvalue weighted by atomic mass is 10.1. The Kier molecular flexibility index (Phi) is 6.18. The summed E-state index contributed by atoms with van der Waals surface area (Å²) in [5.74, 6) is 1.19. The van der Waals surface area contributed by atoms with Crippen LogP contribution in [-0.2, 0) is 11.4 Å². The number of thiazole rings is 1. The van der Waals surface area contributed by atoms with Crippen molar-refractivity contribution in [1.82, 2.24) is 15.2 Å². The van der Waals surface area contributed by atoms with Crippen molar-refractivity contribution in [1.29, 1.82) is 0 Å². The molecule has 0 unspecified atom stereocenters. The number of hydrogen-bond donors (Lipinski definition) is 1. The largest absolute Gasteiger partial charge is 0.415 e. The van der Waals surface area contributed by atoms with Crippen LogP contribution in [0.2, 0.25) is 10.0 Å². The molecule has 1 N–H and O–H groups in total. The van der Waals surface area contributed by atoms with Gasteiger partial charge in [-0.3, -0.25) is 0 Å². The number of aromatic nitrogens is 3. The van der Waals surface area contributed by atoms with Crippen LogP contribution in [-0.4, -0.2) is 20.3 Å². The van der Waals surface area contributed by atoms with Crippen molar-refractivity contribution in [3.63, 3.8) is 0 Å². The van der Waals surface area contributed by atoms with E-state index >= 15 is 0 Å². The normalized spacial score (nSPS) is 11.8. The fraction of sp³-hybridized carbons (Fsp3) is 0.190. The molecule has 0 saturated heterocycles. The molecule has 0 atom stereocenters. The molecule has 2 heterocycles. The molecule has 0 bridgehead atoms. The predicted octanol–water partition coefficient (Wildman–Crippen LogP) is 6.69. The van der Waals surface area contributed by atoms with Crippen LogP contribution in [0, 0.1) is 0 Å². The highest BCUT2D eigenvalue weighted by Gasteiger charge is 2.25. The van der Waals surface area contributed by atoms with E-state index in [0.29, 0.717) is 15.1 Å². The first kappa shape index (κ1) is 21.3. The van der Waals surface area contributed by atoms with Crippen LogP contribution < -0.4 is 0 Å². The first-order valence-corrected chi connectivity index (χ1v) is 11.6. The average Bonchev–Trinajstić information content (AvgIpc) is 3.39. The van der Waals surface area contributed by atoms with Crippen molar-refractivity contribution in [3.05, 3.63) is 70.2 Å². The van der Waals surface area contributed by atoms with Gasteiger partial charge in [0.05, 0.1) is 14.9 Å². The van der Waals surface area contributed by atoms with E-state index in [1.807, 2.05) is 30.3 Å². The summed E-state index contributed by atoms with van der Waals surface area (Å²) in [6, 6.07) is 14.1. The number of benzene rings is 2. The monoisotopic (exact) mass is 477 g/mol. The number of nitrogens with zero attached hydrogens (tertiary/aromatic N) is 3. The summed E-state index contributed by atoms with van der Waals surface area (Å²) in [4.78, 5) is 6.12. The molecule has 154 valence electrons. The first-order valence-electron chi connectivity index (χ1n) is 9.00. The maximum Gasteiger partial charge on any atom is 0.276 e. The van der Waals surface area contributed by atoms with E-state index in [9.17, 15) is 5.11 Å². The molecule has 2 aromatic heterocycles. The van der Waals surface area contributed by atoms with E-state index in [-0.39, 0.29) is 11.8 Å². The van der Waals surface area contributed by atoms with Crippen LogP contribution in [0.1, 0.15) is 25.3 Å². The van der Waals surface area contributed by atoms with Gasteiger partial charge in [-0.2, -0.15) is 0 Å². The Morgan fingerprint density at radius 2 is 1.83 bits per heavy atom. The van der Waals surface area contributed by atoms with Crippen LogP contribution in [0.3, 0.4) is 0 Å². The molecule has 0 aliphatic heterocycles. The lowest BCUT2D eigenvalue weighted by molar-refractivity contribution is 0.0488. The van der Waals surface area contributed by atoms with Crippen LogP contribution >= 0.6 is 46.3 Å². The fourth-order valence-corrected chi connectivity index (χ4v) is 5.11. The maximum atomic E-state index is 9.99. The highest BCUT2D eigenvalue weighted by molar-refractivity contribution is 7.98. The number of thioether (sulfide) groups is 1. The molecule has 0 saturated carbocycles. The molecule has 9 heteroatoms. The summed E-state index contributed by atoms with van der Waals surface area (Å²) in [5, 5.41) is 19.4. The molecule has 30 heavy (non-hydrogen) atoms. The van der Waals surface area contributed by atoms with Gasteiger partial charge in [-0.15, -0.1) is 33.3 Å². The van der Waals surface area contributed by atoms with Gasteiger partial charge in [0.15, 0.2) is 5.01 Å². The number of aliphatic hydroxyl groups is 1. The summed E-state index contributed by atoms with van der Waals surface area (Å²) >= 11 is 16.1. The van der Waals surface area contributed by atoms with Gasteiger partial charge in [0.25, 0.3) is 5.89 Å². The Morgan fingerprint density at radius 1 is 1.07 bits per heavy atom. The number of rotatable bonds is 6. The van der Waals surface area contributed by atoms with Gasteiger partial charge in [-0.1, -0.05) is 59.6 Å². The van der Waals surface area contributed by atoms with Crippen LogP contribution in [0.15, 0.2) is 58.0 Å². The van der Waals surface area contributed by atoms with Gasteiger partial charge < -0.3 is 9.52 Å². The predicted molar refractivity (Wildman–Crippen MR) is 122 cm³/mol. The highest BCUT2D eigenvalue weighted by Crippen LogP contribution is 2.43. The zero-order valence-electron chi connectivity index (χ0n) is 16.1. The highest BCUT2D eigenvalue weighted by atomic mass is 35.5. The topological polar surface area (TPSA) is 72.0 Å². The lowest BCUT2D eigenvalue weighted by Gasteiger charge is -2.09. The van der Waals surface area contributed by atoms with Crippen LogP contribution in [0.4, 0.5) is 0 Å². The van der Waals surface area contributed by atoms with Crippen molar-refractivity contribution < 1.29 is 9.52 Å². The molecular weight excluding hydrogens is 461 g/mol. The molecule has 0 fully saturated rings. The number of halogens is 2. The number of hydrogen-bond acceptors (Lipinski definition) is 7. The second-order valence-corrected chi connectivity index (χ2v) is 9.82. The molecule has 0 aliphatic carbocycles. The van der Waals surface area contributed by atoms with Gasteiger partial charge in [-0.25, -0.2) is 4.98 Å². The van der Waals surface area contributed by atoms with E-state index in [4.69, 9.17) is 27.6 Å². The van der Waals surface area contributed by atoms with E-state index < -0.39 is 5.60 Å². The van der Waals surface area contributed by atoms with E-state index in [1.54, 1.807) is 31.8 Å². The summed E-state index contributed by atoms with van der Waals surface area (Å²) in [6.07, 6.45) is 1.70. The standard InChI is InChI=1S/C21H17Cl2N3O2S2/c1-21(2,27)20-26-25-18(28-20)19-24-10-15(30-19)13-8-9-14(17(23)16(13)22)29-11-12-6-4-3-5-7-12/h3-10,27H,11H2,1-2H3. The first-order chi connectivity index (χ1) is 14.3. The van der Waals surface area contributed by atoms with Gasteiger partial charge >= 0.3 is 0 Å². The molecule has 2 aromatic carbocycles. The zero-order chi connectivity index (χ0) is 21.3. The van der Waals surface area contributed by atoms with Gasteiger partial charge in [-0.05, 0) is 25.5 Å². The third-order valence-electron chi connectivity index (χ3n) is 4.19. The molecule has 0 spiro atoms. The Morgan fingerprint density at radius 3 is 2.53 bits per heavy atom. The van der Waals surface area contributed by atoms with Crippen LogP contribution in [0.5, 0.6) is 0 Å². The molecule has 4 aromatic rings. The molecule has 0 amide bonds. The molecule has 0 aliphatic rings. The second kappa shape index (κ2) is 8.69. The minimum absolute atomic E-state index is 0.134. The van der Waals surface area contributed by atoms with Gasteiger partial charge in [0, 0.05) is 22.4 Å². The van der Waals surface area contributed by atoms with Crippen molar-refractivity contribution >= 4 is 46.3 Å². The van der Waals surface area contributed by atoms with Crippen molar-refractivity contribution in [3.8, 4) is 21.3 Å². The Labute approximate surface area is 192 Å². The second-order valence-electron chi connectivity index (χ2n) is 7.01. The van der Waals surface area contributed by atoms with Crippen molar-refractivity contribution in [2.24, 2.45) is 0 Å². The average molecular weight is 478 g/mol. The quantitative estimate of drug-likeness (QED) is 0.312. The third kappa shape index (κ3) is 4.55. The maximum absolute atomic E-state index is 9.99. The Hall–Kier alpha value is -1.90. The minimum atomic E-state index is -1.21. The molecule has 4 rings (SSSR count). The lowest BCUT2D eigenvalue weighted by Crippen LogP contribution is -2.15. The van der Waals surface area contributed by atoms with Crippen molar-refractivity contribution in [2.75, 3.05) is 0 Å². The smallest absolute Gasteiger partial charge is 0.276 e. The molecule has 5 nitrogen and oxygen atoms in total. The fourth-order valence-electron chi connectivity index (χ4n) is 2.62. The summed E-state index contributed by atoms with van der Waals surface area (Å²) in [7, 11) is 0. The molecular formula is C21H17Cl2N3O2S2. The third-order valence-corrected chi connectivity index (χ3v) is 7.33. The zero-order valence-corrected chi connectivity index (χ0v) is 19.2. The Bertz CT molecular complexity index is 1170. The van der Waals surface area contributed by atoms with Crippen molar-refractivity contribution in [2.45, 2.75) is 30.1 Å².